The molecule has 0 saturated carbocycles. The third-order valence-electron chi connectivity index (χ3n) is 4.16. The van der Waals surface area contributed by atoms with Crippen molar-refractivity contribution >= 4 is 50.3 Å². The van der Waals surface area contributed by atoms with Gasteiger partial charge in [-0.1, -0.05) is 47.5 Å². The zero-order valence-electron chi connectivity index (χ0n) is 13.2. The number of amides is 1. The van der Waals surface area contributed by atoms with Gasteiger partial charge in [0, 0.05) is 5.56 Å². The summed E-state index contributed by atoms with van der Waals surface area (Å²) in [4.78, 5) is 14.8. The number of carbonyl (C=O) groups is 1. The molecule has 4 nitrogen and oxygen atoms in total. The SMILES string of the molecule is O=C(c1ccc(Cl)c(Cl)c1)N1c2ccccc2S(=O)(=O)c2ccccc21. The molecule has 0 atom stereocenters. The van der Waals surface area contributed by atoms with E-state index in [0.717, 1.165) is 0 Å². The average molecular weight is 404 g/mol. The Morgan fingerprint density at radius 1 is 0.769 bits per heavy atom. The minimum atomic E-state index is -3.71. The Morgan fingerprint density at radius 3 is 1.85 bits per heavy atom. The van der Waals surface area contributed by atoms with Crippen molar-refractivity contribution in [3.63, 3.8) is 0 Å². The van der Waals surface area contributed by atoms with Crippen molar-refractivity contribution in [3.05, 3.63) is 82.3 Å². The van der Waals surface area contributed by atoms with E-state index in [2.05, 4.69) is 0 Å². The number of halogens is 2. The second-order valence-corrected chi connectivity index (χ2v) is 8.41. The highest BCUT2D eigenvalue weighted by atomic mass is 35.5. The first kappa shape index (κ1) is 17.1. The molecule has 0 saturated heterocycles. The lowest BCUT2D eigenvalue weighted by atomic mass is 10.1. The van der Waals surface area contributed by atoms with E-state index in [-0.39, 0.29) is 14.8 Å². The summed E-state index contributed by atoms with van der Waals surface area (Å²) in [5.74, 6) is -0.390. The molecule has 0 aromatic heterocycles. The van der Waals surface area contributed by atoms with E-state index in [1.54, 1.807) is 42.5 Å². The van der Waals surface area contributed by atoms with Gasteiger partial charge in [-0.2, -0.15) is 0 Å². The van der Waals surface area contributed by atoms with Gasteiger partial charge in [-0.3, -0.25) is 9.69 Å². The maximum absolute atomic E-state index is 13.2. The van der Waals surface area contributed by atoms with Crippen LogP contribution in [0.3, 0.4) is 0 Å². The Morgan fingerprint density at radius 2 is 1.31 bits per heavy atom. The fraction of sp³-hybridized carbons (Fsp3) is 0. The second kappa shape index (κ2) is 6.13. The predicted molar refractivity (Wildman–Crippen MR) is 101 cm³/mol. The molecule has 0 fully saturated rings. The number of hydrogen-bond acceptors (Lipinski definition) is 3. The van der Waals surface area contributed by atoms with Gasteiger partial charge in [0.25, 0.3) is 5.91 Å². The van der Waals surface area contributed by atoms with E-state index in [1.807, 2.05) is 0 Å². The van der Waals surface area contributed by atoms with Crippen LogP contribution in [0.4, 0.5) is 11.4 Å². The summed E-state index contributed by atoms with van der Waals surface area (Å²) in [7, 11) is -3.71. The van der Waals surface area contributed by atoms with E-state index < -0.39 is 15.7 Å². The van der Waals surface area contributed by atoms with Crippen LogP contribution in [0.15, 0.2) is 76.5 Å². The molecule has 0 unspecified atom stereocenters. The topological polar surface area (TPSA) is 54.5 Å². The van der Waals surface area contributed by atoms with Gasteiger partial charge in [-0.05, 0) is 42.5 Å². The number of nitrogens with zero attached hydrogens (tertiary/aromatic N) is 1. The van der Waals surface area contributed by atoms with Gasteiger partial charge in [0.15, 0.2) is 0 Å². The zero-order chi connectivity index (χ0) is 18.5. The number of hydrogen-bond donors (Lipinski definition) is 0. The summed E-state index contributed by atoms with van der Waals surface area (Å²) >= 11 is 12.0. The van der Waals surface area contributed by atoms with Gasteiger partial charge in [-0.15, -0.1) is 0 Å². The molecule has 26 heavy (non-hydrogen) atoms. The van der Waals surface area contributed by atoms with E-state index in [1.165, 1.54) is 29.2 Å². The van der Waals surface area contributed by atoms with E-state index in [4.69, 9.17) is 23.2 Å². The third kappa shape index (κ3) is 2.51. The second-order valence-electron chi connectivity index (χ2n) is 5.71. The Hall–Kier alpha value is -2.34. The summed E-state index contributed by atoms with van der Waals surface area (Å²) < 4.78 is 25.8. The first-order valence-electron chi connectivity index (χ1n) is 7.64. The lowest BCUT2D eigenvalue weighted by Gasteiger charge is -2.31. The number of carbonyl (C=O) groups excluding carboxylic acids is 1. The van der Waals surface area contributed by atoms with Crippen molar-refractivity contribution in [2.24, 2.45) is 0 Å². The molecule has 1 amide bonds. The van der Waals surface area contributed by atoms with Crippen LogP contribution in [0, 0.1) is 0 Å². The van der Waals surface area contributed by atoms with Gasteiger partial charge in [0.2, 0.25) is 9.84 Å². The smallest absolute Gasteiger partial charge is 0.262 e. The monoisotopic (exact) mass is 403 g/mol. The highest BCUT2D eigenvalue weighted by molar-refractivity contribution is 7.92. The van der Waals surface area contributed by atoms with Gasteiger partial charge in [0.05, 0.1) is 31.2 Å². The van der Waals surface area contributed by atoms with Crippen molar-refractivity contribution in [2.45, 2.75) is 9.79 Å². The fourth-order valence-electron chi connectivity index (χ4n) is 2.96. The van der Waals surface area contributed by atoms with Crippen molar-refractivity contribution < 1.29 is 13.2 Å². The highest BCUT2D eigenvalue weighted by Crippen LogP contribution is 2.44. The lowest BCUT2D eigenvalue weighted by molar-refractivity contribution is 0.0998. The number of sulfone groups is 1. The van der Waals surface area contributed by atoms with E-state index >= 15 is 0 Å². The molecule has 7 heteroatoms. The molecule has 0 spiro atoms. The number of rotatable bonds is 1. The maximum atomic E-state index is 13.2. The molecular weight excluding hydrogens is 393 g/mol. The Labute approximate surface area is 160 Å². The van der Waals surface area contributed by atoms with Crippen molar-refractivity contribution in [3.8, 4) is 0 Å². The van der Waals surface area contributed by atoms with Crippen LogP contribution < -0.4 is 4.90 Å². The van der Waals surface area contributed by atoms with Crippen molar-refractivity contribution in [2.75, 3.05) is 4.90 Å². The number of fused-ring (bicyclic) bond motifs is 2. The Balaban J connectivity index is 1.97. The number of benzene rings is 3. The molecule has 0 bridgehead atoms. The molecule has 1 aliphatic heterocycles. The van der Waals surface area contributed by atoms with Crippen LogP contribution in [0.5, 0.6) is 0 Å². The van der Waals surface area contributed by atoms with Crippen LogP contribution in [0.25, 0.3) is 0 Å². The highest BCUT2D eigenvalue weighted by Gasteiger charge is 2.36. The molecule has 3 aromatic carbocycles. The lowest BCUT2D eigenvalue weighted by Crippen LogP contribution is -2.31. The average Bonchev–Trinajstić information content (AvgIpc) is 2.64. The first-order valence-corrected chi connectivity index (χ1v) is 9.88. The van der Waals surface area contributed by atoms with Crippen molar-refractivity contribution in [1.29, 1.82) is 0 Å². The minimum absolute atomic E-state index is 0.0899. The van der Waals surface area contributed by atoms with E-state index in [0.29, 0.717) is 22.0 Å². The Bertz CT molecular complexity index is 1110. The van der Waals surface area contributed by atoms with Crippen LogP contribution in [-0.2, 0) is 9.84 Å². The number of anilines is 2. The largest absolute Gasteiger partial charge is 0.274 e. The van der Waals surface area contributed by atoms with Gasteiger partial charge >= 0.3 is 0 Å². The quantitative estimate of drug-likeness (QED) is 0.566. The number of para-hydroxylation sites is 2. The summed E-state index contributed by atoms with van der Waals surface area (Å²) in [6, 6.07) is 17.4. The molecule has 3 aromatic rings. The van der Waals surface area contributed by atoms with Gasteiger partial charge in [0.1, 0.15) is 0 Å². The summed E-state index contributed by atoms with van der Waals surface area (Å²) in [6.45, 7) is 0. The Kier molecular flexibility index (Phi) is 4.03. The van der Waals surface area contributed by atoms with Crippen LogP contribution in [0.1, 0.15) is 10.4 Å². The summed E-state index contributed by atoms with van der Waals surface area (Å²) in [6.07, 6.45) is 0. The normalized spacial score (nSPS) is 14.5. The summed E-state index contributed by atoms with van der Waals surface area (Å²) in [5, 5.41) is 0.592. The van der Waals surface area contributed by atoms with Crippen LogP contribution in [-0.4, -0.2) is 14.3 Å². The van der Waals surface area contributed by atoms with Crippen LogP contribution >= 0.6 is 23.2 Å². The van der Waals surface area contributed by atoms with Crippen LogP contribution in [0.2, 0.25) is 10.0 Å². The molecule has 1 heterocycles. The predicted octanol–water partition coefficient (Wildman–Crippen LogP) is 5.12. The fourth-order valence-corrected chi connectivity index (χ4v) is 4.88. The zero-order valence-corrected chi connectivity index (χ0v) is 15.5. The third-order valence-corrected chi connectivity index (χ3v) is 6.75. The first-order chi connectivity index (χ1) is 12.4. The maximum Gasteiger partial charge on any atom is 0.262 e. The molecule has 1 aliphatic rings. The van der Waals surface area contributed by atoms with Gasteiger partial charge in [-0.25, -0.2) is 8.42 Å². The van der Waals surface area contributed by atoms with Crippen molar-refractivity contribution in [1.82, 2.24) is 0 Å². The molecular formula is C19H11Cl2NO3S. The van der Waals surface area contributed by atoms with E-state index in [9.17, 15) is 13.2 Å². The molecule has 0 N–H and O–H groups in total. The molecule has 130 valence electrons. The van der Waals surface area contributed by atoms with Gasteiger partial charge < -0.3 is 0 Å². The standard InChI is InChI=1S/C19H11Cl2NO3S/c20-13-10-9-12(11-14(13)21)19(23)22-15-5-1-3-7-17(15)26(24,25)18-8-4-2-6-16(18)22/h1-11H. The molecule has 0 radical (unpaired) electrons. The molecule has 0 aliphatic carbocycles. The summed E-state index contributed by atoms with van der Waals surface area (Å²) in [5.41, 5.74) is 0.924. The minimum Gasteiger partial charge on any atom is -0.274 e. The molecule has 4 rings (SSSR count).